The minimum absolute atomic E-state index is 0.00960. The summed E-state index contributed by atoms with van der Waals surface area (Å²) in [7, 11) is -15.2. The molecule has 4 amide bonds. The third-order valence-electron chi connectivity index (χ3n) is 6.80. The number of halogens is 3. The van der Waals surface area contributed by atoms with Crippen LogP contribution in [0.25, 0.3) is 0 Å². The lowest BCUT2D eigenvalue weighted by atomic mass is 10.3. The van der Waals surface area contributed by atoms with Crippen LogP contribution in [-0.4, -0.2) is 107 Å². The number of benzene rings is 2. The highest BCUT2D eigenvalue weighted by molar-refractivity contribution is 7.88. The molecular weight excluding hydrogens is 972 g/mol. The van der Waals surface area contributed by atoms with Crippen LogP contribution in [0.4, 0.5) is 34.1 Å². The van der Waals surface area contributed by atoms with Crippen molar-refractivity contribution in [1.82, 2.24) is 19.9 Å². The lowest BCUT2D eigenvalue weighted by Gasteiger charge is -2.34. The van der Waals surface area contributed by atoms with Gasteiger partial charge in [-0.05, 0) is 83.2 Å². The maximum absolute atomic E-state index is 12.6. The molecule has 0 unspecified atom stereocenters. The van der Waals surface area contributed by atoms with Gasteiger partial charge in [0.15, 0.2) is 22.4 Å². The van der Waals surface area contributed by atoms with Gasteiger partial charge in [-0.2, -0.15) is 21.6 Å². The number of alkyl halides is 3. The number of carbonyl (C=O) groups excluding carboxylic acids is 2. The lowest BCUT2D eigenvalue weighted by molar-refractivity contribution is -0.0503. The van der Waals surface area contributed by atoms with Crippen LogP contribution in [0.2, 0.25) is 124 Å². The fourth-order valence-electron chi connectivity index (χ4n) is 4.90. The first kappa shape index (κ1) is 64.0. The Labute approximate surface area is 398 Å². The average Bonchev–Trinajstić information content (AvgIpc) is 3.57. The van der Waals surface area contributed by atoms with Crippen LogP contribution in [0.5, 0.6) is 0 Å². The Kier molecular flexibility index (Phi) is 27.8. The van der Waals surface area contributed by atoms with Crippen LogP contribution >= 0.6 is 0 Å². The molecule has 24 heteroatoms. The van der Waals surface area contributed by atoms with E-state index in [1.54, 1.807) is 0 Å². The summed E-state index contributed by atoms with van der Waals surface area (Å²) in [5, 5.41) is 5.85. The number of nitrogens with zero attached hydrogens (tertiary/aromatic N) is 4. The minimum Gasteiger partial charge on any atom is -0.535 e. The standard InChI is InChI=1S/C16H20N2OSi.C8H21NOSi2.C7H20N2OSi2.C6H12N2Si.C4H9F3O3SSi/c1-20(2,3)18(15-12-8-5-9-13-15)16(19)17-14-10-6-4-7-11-14;1-8(9-11(2,3)4)10-12(5,6)7;1-11(2)6-8-7(10)9-12(3,4)5;1-9(2)6-8-4-3-7-5-8;1-12(2,3)10-11(8,9)4(5,6)7/h4-13H,1-3H3,(H,17,19);1-7H3;11H,6H2,1-5H3,(H2,8,9,10);3-5,9H,6H2,1-2H3;1-3H3. The molecule has 0 saturated carbocycles. The number of imidazole rings is 1. The van der Waals surface area contributed by atoms with E-state index >= 15 is 0 Å². The lowest BCUT2D eigenvalue weighted by Crippen LogP contribution is -2.52. The van der Waals surface area contributed by atoms with E-state index in [1.807, 2.05) is 90.9 Å². The van der Waals surface area contributed by atoms with Gasteiger partial charge in [0.2, 0.25) is 16.6 Å². The highest BCUT2D eigenvalue weighted by Gasteiger charge is 2.49. The van der Waals surface area contributed by atoms with Crippen LogP contribution in [0.1, 0.15) is 6.92 Å². The number of rotatable bonds is 12. The molecule has 372 valence electrons. The summed E-state index contributed by atoms with van der Waals surface area (Å²) in [5.41, 5.74) is -3.55. The van der Waals surface area contributed by atoms with Gasteiger partial charge in [0.25, 0.3) is 0 Å². The molecule has 0 aliphatic heterocycles. The van der Waals surface area contributed by atoms with Gasteiger partial charge in [-0.15, -0.1) is 0 Å². The number of hydrogen-bond donors (Lipinski definition) is 3. The number of amides is 4. The molecule has 0 atom stereocenters. The second-order valence-electron chi connectivity index (χ2n) is 20.9. The molecule has 0 bridgehead atoms. The van der Waals surface area contributed by atoms with Gasteiger partial charge in [-0.25, -0.2) is 14.6 Å². The van der Waals surface area contributed by atoms with Gasteiger partial charge < -0.3 is 33.0 Å². The molecule has 0 radical (unpaired) electrons. The largest absolute Gasteiger partial charge is 0.535 e. The summed E-state index contributed by atoms with van der Waals surface area (Å²) < 4.78 is 74.1. The molecule has 0 fully saturated rings. The van der Waals surface area contributed by atoms with Crippen molar-refractivity contribution in [3.63, 3.8) is 0 Å². The van der Waals surface area contributed by atoms with Crippen LogP contribution in [0.3, 0.4) is 0 Å². The highest BCUT2D eigenvalue weighted by Crippen LogP contribution is 2.27. The first-order valence-corrected chi connectivity index (χ1v) is 46.5. The molecule has 3 rings (SSSR count). The molecule has 0 aliphatic rings. The Hall–Kier alpha value is -3.12. The summed E-state index contributed by atoms with van der Waals surface area (Å²) in [6.45, 7) is 41.1. The number of anilines is 2. The Bertz CT molecular complexity index is 1940. The molecule has 0 aliphatic carbocycles. The van der Waals surface area contributed by atoms with E-state index in [2.05, 4.69) is 138 Å². The van der Waals surface area contributed by atoms with E-state index in [0.29, 0.717) is 0 Å². The van der Waals surface area contributed by atoms with E-state index in [1.165, 1.54) is 25.8 Å². The quantitative estimate of drug-likeness (QED) is 0.0705. The SMILES string of the molecule is CC(=N[Si](C)(C)C)O[Si](C)(C)C.C[SiH](C)CNC(=O)N[Si](C)(C)C.C[SiH](C)Cn1ccnc1.C[Si](C)(C)N(C(=O)Nc1ccccc1)c1ccccc1.C[Si](C)(C)OS(=O)(=O)C(F)(F)F. The maximum Gasteiger partial charge on any atom is 0.522 e. The number of urea groups is 2. The summed E-state index contributed by atoms with van der Waals surface area (Å²) in [5.74, 6) is 0.883. The summed E-state index contributed by atoms with van der Waals surface area (Å²) in [6.07, 6.45) is 7.83. The third-order valence-corrected chi connectivity index (χ3v) is 17.1. The summed E-state index contributed by atoms with van der Waals surface area (Å²) in [4.78, 5) is 30.8. The number of aromatic nitrogens is 2. The molecule has 1 aromatic heterocycles. The van der Waals surface area contributed by atoms with Gasteiger partial charge in [-0.3, -0.25) is 4.66 Å². The van der Waals surface area contributed by atoms with Crippen molar-refractivity contribution >= 4 is 98.4 Å². The molecule has 3 aromatic rings. The van der Waals surface area contributed by atoms with Crippen LogP contribution < -0.4 is 20.2 Å². The van der Waals surface area contributed by atoms with Crippen molar-refractivity contribution in [2.24, 2.45) is 4.66 Å². The van der Waals surface area contributed by atoms with Gasteiger partial charge in [0, 0.05) is 43.0 Å². The fraction of sp³-hybridized carbons (Fsp3) is 0.561. The zero-order chi connectivity index (χ0) is 51.3. The normalized spacial score (nSPS) is 12.4. The molecule has 0 saturated heterocycles. The predicted octanol–water partition coefficient (Wildman–Crippen LogP) is 11.4. The molecule has 3 N–H and O–H groups in total. The fourth-order valence-corrected chi connectivity index (χ4v) is 13.9. The topological polar surface area (TPSA) is 156 Å². The van der Waals surface area contributed by atoms with Crippen molar-refractivity contribution in [2.75, 3.05) is 16.1 Å². The third kappa shape index (κ3) is 35.7. The number of para-hydroxylation sites is 2. The van der Waals surface area contributed by atoms with Crippen molar-refractivity contribution < 1.29 is 39.5 Å². The van der Waals surface area contributed by atoms with E-state index in [9.17, 15) is 31.2 Å². The Balaban J connectivity index is 0. The monoisotopic (exact) mass is 1050 g/mol. The highest BCUT2D eigenvalue weighted by atomic mass is 32.2. The van der Waals surface area contributed by atoms with Crippen LogP contribution in [0, 0.1) is 0 Å². The Morgan fingerprint density at radius 3 is 1.62 bits per heavy atom. The Morgan fingerprint density at radius 2 is 1.28 bits per heavy atom. The van der Waals surface area contributed by atoms with Gasteiger partial charge in [0.05, 0.1) is 23.9 Å². The van der Waals surface area contributed by atoms with Gasteiger partial charge in [-0.1, -0.05) is 102 Å². The molecule has 2 aromatic carbocycles. The predicted molar refractivity (Wildman–Crippen MR) is 288 cm³/mol. The zero-order valence-electron chi connectivity index (χ0n) is 42.9. The molecule has 13 nitrogen and oxygen atoms in total. The zero-order valence-corrected chi connectivity index (χ0v) is 51.0. The average molecular weight is 1050 g/mol. The van der Waals surface area contributed by atoms with E-state index in [0.717, 1.165) is 23.4 Å². The summed E-state index contributed by atoms with van der Waals surface area (Å²) >= 11 is 0. The molecule has 0 spiro atoms. The van der Waals surface area contributed by atoms with Gasteiger partial charge >= 0.3 is 27.7 Å². The van der Waals surface area contributed by atoms with E-state index in [4.69, 9.17) is 4.43 Å². The van der Waals surface area contributed by atoms with Crippen molar-refractivity contribution in [2.45, 2.75) is 143 Å². The van der Waals surface area contributed by atoms with Gasteiger partial charge in [0.1, 0.15) is 8.24 Å². The second kappa shape index (κ2) is 28.3. The van der Waals surface area contributed by atoms with Crippen molar-refractivity contribution in [3.8, 4) is 0 Å². The van der Waals surface area contributed by atoms with E-state index < -0.39 is 74.6 Å². The second-order valence-corrected chi connectivity index (χ2v) is 52.0. The molecular formula is C41H82F3N7O6SSi7. The first-order chi connectivity index (χ1) is 29.1. The number of nitrogens with one attached hydrogen (secondary N) is 3. The van der Waals surface area contributed by atoms with Crippen LogP contribution in [-0.2, 0) is 24.6 Å². The minimum atomic E-state index is -5.39. The number of hydrogen-bond acceptors (Lipinski definition) is 8. The molecule has 65 heavy (non-hydrogen) atoms. The van der Waals surface area contributed by atoms with Crippen molar-refractivity contribution in [1.29, 1.82) is 0 Å². The number of carbonyl (C=O) groups is 2. The van der Waals surface area contributed by atoms with E-state index in [-0.39, 0.29) is 12.1 Å². The van der Waals surface area contributed by atoms with Crippen LogP contribution in [0.15, 0.2) is 84.0 Å². The molecule has 1 heterocycles. The van der Waals surface area contributed by atoms with Crippen molar-refractivity contribution in [3.05, 3.63) is 79.4 Å². The maximum atomic E-state index is 12.6. The summed E-state index contributed by atoms with van der Waals surface area (Å²) in [6, 6.07) is 19.3. The first-order valence-electron chi connectivity index (χ1n) is 21.6. The smallest absolute Gasteiger partial charge is 0.522 e. The Morgan fingerprint density at radius 1 is 0.785 bits per heavy atom.